The summed E-state index contributed by atoms with van der Waals surface area (Å²) in [6.45, 7) is 4.47. The molecule has 0 rings (SSSR count). The van der Waals surface area contributed by atoms with Gasteiger partial charge in [0.15, 0.2) is 0 Å². The van der Waals surface area contributed by atoms with Gasteiger partial charge in [-0.3, -0.25) is 11.3 Å². The Bertz CT molecular complexity index is 280. The van der Waals surface area contributed by atoms with Crippen LogP contribution in [0.4, 0.5) is 0 Å². The molecule has 0 aromatic rings. The van der Waals surface area contributed by atoms with Crippen LogP contribution in [-0.4, -0.2) is 39.7 Å². The highest BCUT2D eigenvalue weighted by molar-refractivity contribution is 7.91. The van der Waals surface area contributed by atoms with Crippen LogP contribution in [0.15, 0.2) is 0 Å². The highest BCUT2D eigenvalue weighted by Crippen LogP contribution is 2.11. The van der Waals surface area contributed by atoms with E-state index in [9.17, 15) is 8.42 Å². The minimum atomic E-state index is -2.86. The third kappa shape index (κ3) is 8.54. The number of nitrogens with two attached hydrogens (primary N) is 1. The monoisotopic (exact) mass is 266 g/mol. The van der Waals surface area contributed by atoms with Crippen LogP contribution in [0.25, 0.3) is 0 Å². The molecular weight excluding hydrogens is 240 g/mol. The maximum Gasteiger partial charge on any atom is 0.150 e. The summed E-state index contributed by atoms with van der Waals surface area (Å²) < 4.78 is 27.7. The Morgan fingerprint density at radius 3 is 2.53 bits per heavy atom. The predicted molar refractivity (Wildman–Crippen MR) is 70.3 cm³/mol. The molecule has 0 saturated heterocycles. The van der Waals surface area contributed by atoms with Gasteiger partial charge in [-0.2, -0.15) is 0 Å². The van der Waals surface area contributed by atoms with E-state index >= 15 is 0 Å². The van der Waals surface area contributed by atoms with Gasteiger partial charge in [-0.15, -0.1) is 0 Å². The van der Waals surface area contributed by atoms with Gasteiger partial charge in [0.25, 0.3) is 0 Å². The second kappa shape index (κ2) is 8.85. The third-order valence-corrected chi connectivity index (χ3v) is 4.61. The second-order valence-corrected chi connectivity index (χ2v) is 7.01. The standard InChI is InChI=1S/C11H26N2O3S/c1-4-17(14,15)7-5-6-11(13-12)8-10(2)9-16-3/h10-11,13H,4-9,12H2,1-3H3. The minimum Gasteiger partial charge on any atom is -0.384 e. The molecule has 2 atom stereocenters. The molecular formula is C11H26N2O3S. The number of hydrogen-bond donors (Lipinski definition) is 2. The fourth-order valence-corrected chi connectivity index (χ4v) is 2.70. The molecule has 0 amide bonds. The van der Waals surface area contributed by atoms with E-state index in [2.05, 4.69) is 12.3 Å². The highest BCUT2D eigenvalue weighted by Gasteiger charge is 2.14. The zero-order valence-electron chi connectivity index (χ0n) is 11.1. The summed E-state index contributed by atoms with van der Waals surface area (Å²) >= 11 is 0. The molecule has 0 bridgehead atoms. The van der Waals surface area contributed by atoms with Crippen molar-refractivity contribution in [1.82, 2.24) is 5.43 Å². The van der Waals surface area contributed by atoms with Gasteiger partial charge in [0.05, 0.1) is 5.75 Å². The molecule has 0 spiro atoms. The lowest BCUT2D eigenvalue weighted by Crippen LogP contribution is -2.37. The van der Waals surface area contributed by atoms with Crippen LogP contribution in [0.2, 0.25) is 0 Å². The Morgan fingerprint density at radius 2 is 2.06 bits per heavy atom. The Labute approximate surface area is 105 Å². The molecule has 6 heteroatoms. The largest absolute Gasteiger partial charge is 0.384 e. The van der Waals surface area contributed by atoms with E-state index in [0.717, 1.165) is 12.8 Å². The highest BCUT2D eigenvalue weighted by atomic mass is 32.2. The summed E-state index contributed by atoms with van der Waals surface area (Å²) in [5, 5.41) is 0. The van der Waals surface area contributed by atoms with Crippen molar-refractivity contribution in [2.24, 2.45) is 11.8 Å². The first-order valence-electron chi connectivity index (χ1n) is 6.10. The van der Waals surface area contributed by atoms with E-state index in [1.165, 1.54) is 0 Å². The Hall–Kier alpha value is -0.170. The summed E-state index contributed by atoms with van der Waals surface area (Å²) in [7, 11) is -1.18. The van der Waals surface area contributed by atoms with Crippen LogP contribution < -0.4 is 11.3 Å². The molecule has 0 aliphatic carbocycles. The summed E-state index contributed by atoms with van der Waals surface area (Å²) in [6, 6.07) is 0.159. The van der Waals surface area contributed by atoms with Gasteiger partial charge in [-0.05, 0) is 25.2 Å². The number of nitrogens with one attached hydrogen (secondary N) is 1. The lowest BCUT2D eigenvalue weighted by molar-refractivity contribution is 0.148. The number of hydrazine groups is 1. The third-order valence-electron chi connectivity index (χ3n) is 2.82. The lowest BCUT2D eigenvalue weighted by atomic mass is 10.00. The van der Waals surface area contributed by atoms with Crippen LogP contribution in [0.5, 0.6) is 0 Å². The molecule has 0 aliphatic heterocycles. The minimum absolute atomic E-state index is 0.159. The first kappa shape index (κ1) is 16.8. The second-order valence-electron chi connectivity index (χ2n) is 4.54. The summed E-state index contributed by atoms with van der Waals surface area (Å²) in [5.74, 6) is 6.35. The van der Waals surface area contributed by atoms with Gasteiger partial charge in [0.1, 0.15) is 9.84 Å². The van der Waals surface area contributed by atoms with Gasteiger partial charge < -0.3 is 4.74 Å². The summed E-state index contributed by atoms with van der Waals surface area (Å²) in [4.78, 5) is 0. The number of methoxy groups -OCH3 is 1. The summed E-state index contributed by atoms with van der Waals surface area (Å²) in [5.41, 5.74) is 2.75. The zero-order chi connectivity index (χ0) is 13.3. The van der Waals surface area contributed by atoms with E-state index in [-0.39, 0.29) is 17.5 Å². The average molecular weight is 266 g/mol. The first-order valence-corrected chi connectivity index (χ1v) is 7.92. The van der Waals surface area contributed by atoms with Gasteiger partial charge in [0, 0.05) is 25.5 Å². The summed E-state index contributed by atoms with van der Waals surface area (Å²) in [6.07, 6.45) is 2.34. The van der Waals surface area contributed by atoms with E-state index in [1.807, 2.05) is 0 Å². The van der Waals surface area contributed by atoms with Crippen molar-refractivity contribution in [2.45, 2.75) is 39.2 Å². The average Bonchev–Trinajstić information content (AvgIpc) is 2.28. The van der Waals surface area contributed by atoms with Crippen molar-refractivity contribution in [3.63, 3.8) is 0 Å². The molecule has 0 saturated carbocycles. The van der Waals surface area contributed by atoms with Crippen molar-refractivity contribution in [1.29, 1.82) is 0 Å². The Balaban J connectivity index is 3.90. The van der Waals surface area contributed by atoms with Gasteiger partial charge >= 0.3 is 0 Å². The Morgan fingerprint density at radius 1 is 1.41 bits per heavy atom. The van der Waals surface area contributed by atoms with Gasteiger partial charge in [-0.1, -0.05) is 13.8 Å². The molecule has 17 heavy (non-hydrogen) atoms. The van der Waals surface area contributed by atoms with Crippen LogP contribution in [0.3, 0.4) is 0 Å². The fourth-order valence-electron chi connectivity index (χ4n) is 1.80. The van der Waals surface area contributed by atoms with Crippen LogP contribution in [-0.2, 0) is 14.6 Å². The SMILES string of the molecule is CCS(=O)(=O)CCCC(CC(C)COC)NN. The smallest absolute Gasteiger partial charge is 0.150 e. The van der Waals surface area contributed by atoms with Crippen LogP contribution >= 0.6 is 0 Å². The van der Waals surface area contributed by atoms with E-state index in [4.69, 9.17) is 10.6 Å². The van der Waals surface area contributed by atoms with Crippen molar-refractivity contribution in [2.75, 3.05) is 25.2 Å². The fraction of sp³-hybridized carbons (Fsp3) is 1.00. The number of hydrogen-bond acceptors (Lipinski definition) is 5. The van der Waals surface area contributed by atoms with Crippen molar-refractivity contribution < 1.29 is 13.2 Å². The zero-order valence-corrected chi connectivity index (χ0v) is 11.9. The predicted octanol–water partition coefficient (Wildman–Crippen LogP) is 0.706. The van der Waals surface area contributed by atoms with Crippen LogP contribution in [0, 0.1) is 5.92 Å². The normalized spacial score (nSPS) is 15.8. The Kier molecular flexibility index (Phi) is 8.77. The van der Waals surface area contributed by atoms with E-state index in [0.29, 0.717) is 18.9 Å². The molecule has 0 radical (unpaired) electrons. The van der Waals surface area contributed by atoms with Crippen molar-refractivity contribution in [3.8, 4) is 0 Å². The van der Waals surface area contributed by atoms with Crippen molar-refractivity contribution in [3.05, 3.63) is 0 Å². The molecule has 2 unspecified atom stereocenters. The molecule has 5 nitrogen and oxygen atoms in total. The first-order chi connectivity index (χ1) is 7.95. The molecule has 0 aromatic heterocycles. The number of sulfone groups is 1. The van der Waals surface area contributed by atoms with Crippen LogP contribution in [0.1, 0.15) is 33.1 Å². The molecule has 0 aromatic carbocycles. The van der Waals surface area contributed by atoms with Gasteiger partial charge in [-0.25, -0.2) is 8.42 Å². The number of rotatable bonds is 10. The maximum absolute atomic E-state index is 11.3. The molecule has 3 N–H and O–H groups in total. The van der Waals surface area contributed by atoms with E-state index < -0.39 is 9.84 Å². The quantitative estimate of drug-likeness (QED) is 0.449. The van der Waals surface area contributed by atoms with E-state index in [1.54, 1.807) is 14.0 Å². The molecule has 0 heterocycles. The topological polar surface area (TPSA) is 81.4 Å². The molecule has 0 aliphatic rings. The molecule has 0 fully saturated rings. The van der Waals surface area contributed by atoms with Crippen molar-refractivity contribution >= 4 is 9.84 Å². The molecule has 104 valence electrons. The van der Waals surface area contributed by atoms with Gasteiger partial charge in [0.2, 0.25) is 0 Å². The maximum atomic E-state index is 11.3. The number of ether oxygens (including phenoxy) is 1. The lowest BCUT2D eigenvalue weighted by Gasteiger charge is -2.19.